The molecule has 0 aliphatic heterocycles. The molecule has 3 aromatic rings. The van der Waals surface area contributed by atoms with E-state index in [1.807, 2.05) is 0 Å². The lowest BCUT2D eigenvalue weighted by molar-refractivity contribution is -0.139. The van der Waals surface area contributed by atoms with Crippen molar-refractivity contribution < 1.29 is 31.8 Å². The van der Waals surface area contributed by atoms with Gasteiger partial charge in [0, 0.05) is 6.07 Å². The largest absolute Gasteiger partial charge is 0.493 e. The molecule has 0 unspecified atom stereocenters. The van der Waals surface area contributed by atoms with Crippen LogP contribution in [0.2, 0.25) is 0 Å². The van der Waals surface area contributed by atoms with E-state index in [9.17, 15) is 17.6 Å². The number of methoxy groups -OCH3 is 3. The Balaban J connectivity index is 0.00000300. The summed E-state index contributed by atoms with van der Waals surface area (Å²) in [7, 11) is 4.20. The number of hydrogen-bond acceptors (Lipinski definition) is 6. The Labute approximate surface area is 169 Å². The Hall–Kier alpha value is -3.01. The zero-order valence-corrected chi connectivity index (χ0v) is 16.2. The predicted molar refractivity (Wildman–Crippen MR) is 101 cm³/mol. The van der Waals surface area contributed by atoms with Crippen molar-refractivity contribution >= 4 is 34.8 Å². The molecule has 0 atom stereocenters. The van der Waals surface area contributed by atoms with Gasteiger partial charge in [0.2, 0.25) is 5.75 Å². The van der Waals surface area contributed by atoms with Crippen LogP contribution < -0.4 is 19.5 Å². The van der Waals surface area contributed by atoms with Gasteiger partial charge in [-0.1, -0.05) is 6.07 Å². The fraction of sp³-hybridized carbons (Fsp3) is 0.222. The normalized spacial score (nSPS) is 11.0. The lowest BCUT2D eigenvalue weighted by Gasteiger charge is -2.17. The second kappa shape index (κ2) is 8.56. The van der Waals surface area contributed by atoms with Crippen molar-refractivity contribution in [2.24, 2.45) is 0 Å². The first-order valence-electron chi connectivity index (χ1n) is 7.88. The third kappa shape index (κ3) is 4.07. The number of fused-ring (bicyclic) bond motifs is 1. The van der Waals surface area contributed by atoms with Crippen LogP contribution in [0.15, 0.2) is 30.6 Å². The third-order valence-corrected chi connectivity index (χ3v) is 3.99. The van der Waals surface area contributed by atoms with Crippen molar-refractivity contribution in [1.29, 1.82) is 0 Å². The number of hydrogen-bond donors (Lipinski definition) is 1. The van der Waals surface area contributed by atoms with Gasteiger partial charge in [-0.25, -0.2) is 14.4 Å². The molecule has 0 spiro atoms. The Bertz CT molecular complexity index is 1030. The summed E-state index contributed by atoms with van der Waals surface area (Å²) in [5.41, 5.74) is -1.42. The van der Waals surface area contributed by atoms with E-state index in [2.05, 4.69) is 15.3 Å². The number of aromatic nitrogens is 2. The van der Waals surface area contributed by atoms with Gasteiger partial charge in [0.05, 0.1) is 43.5 Å². The fourth-order valence-electron chi connectivity index (χ4n) is 2.76. The maximum atomic E-state index is 14.4. The van der Waals surface area contributed by atoms with Crippen LogP contribution in [-0.2, 0) is 6.18 Å². The number of halogens is 5. The van der Waals surface area contributed by atoms with Crippen molar-refractivity contribution in [2.75, 3.05) is 26.6 Å². The summed E-state index contributed by atoms with van der Waals surface area (Å²) in [4.78, 5) is 8.14. The molecule has 2 aromatic carbocycles. The molecule has 0 saturated carbocycles. The number of rotatable bonds is 5. The lowest BCUT2D eigenvalue weighted by atomic mass is 10.1. The highest BCUT2D eigenvalue weighted by Crippen LogP contribution is 2.45. The first-order valence-corrected chi connectivity index (χ1v) is 7.88. The highest BCUT2D eigenvalue weighted by molar-refractivity contribution is 5.99. The number of nitrogens with zero attached hydrogens (tertiary/aromatic N) is 2. The second-order valence-electron chi connectivity index (χ2n) is 5.55. The number of alkyl halides is 3. The first kappa shape index (κ1) is 22.3. The lowest BCUT2D eigenvalue weighted by Crippen LogP contribution is -2.10. The quantitative estimate of drug-likeness (QED) is 0.572. The summed E-state index contributed by atoms with van der Waals surface area (Å²) in [6.07, 6.45) is -3.65. The van der Waals surface area contributed by atoms with Crippen molar-refractivity contribution in [3.8, 4) is 17.2 Å². The SMILES string of the molecule is COc1cc2ncnc(Nc3cccc(C(F)(F)F)c3F)c2c(OC)c1OC.Cl. The second-order valence-corrected chi connectivity index (χ2v) is 5.55. The van der Waals surface area contributed by atoms with Crippen LogP contribution in [0.4, 0.5) is 29.1 Å². The molecular weight excluding hydrogens is 418 g/mol. The van der Waals surface area contributed by atoms with Gasteiger partial charge in [0.1, 0.15) is 12.1 Å². The van der Waals surface area contributed by atoms with Crippen LogP contribution in [0.25, 0.3) is 10.9 Å². The molecule has 0 saturated heterocycles. The molecule has 0 amide bonds. The predicted octanol–water partition coefficient (Wildman–Crippen LogP) is 4.98. The number of ether oxygens (including phenoxy) is 3. The number of anilines is 2. The molecular formula is C18H16ClF4N3O3. The average Bonchev–Trinajstić information content (AvgIpc) is 2.67. The number of benzene rings is 2. The molecule has 0 radical (unpaired) electrons. The smallest absolute Gasteiger partial charge is 0.419 e. The fourth-order valence-corrected chi connectivity index (χ4v) is 2.76. The van der Waals surface area contributed by atoms with Gasteiger partial charge < -0.3 is 19.5 Å². The van der Waals surface area contributed by atoms with Gasteiger partial charge in [-0.15, -0.1) is 12.4 Å². The third-order valence-electron chi connectivity index (χ3n) is 3.99. The van der Waals surface area contributed by atoms with Crippen molar-refractivity contribution in [1.82, 2.24) is 9.97 Å². The molecule has 11 heteroatoms. The van der Waals surface area contributed by atoms with E-state index in [-0.39, 0.29) is 29.7 Å². The highest BCUT2D eigenvalue weighted by Gasteiger charge is 2.35. The standard InChI is InChI=1S/C18H15F4N3O3.ClH/c1-26-12-7-11-13(16(28-3)15(12)27-2)17(24-8-23-11)25-10-6-4-5-9(14(10)19)18(20,21)22;/h4-8H,1-3H3,(H,23,24,25);1H. The molecule has 1 heterocycles. The van der Waals surface area contributed by atoms with Crippen molar-refractivity contribution in [2.45, 2.75) is 6.18 Å². The molecule has 0 aliphatic rings. The Morgan fingerprint density at radius 3 is 2.24 bits per heavy atom. The average molecular weight is 434 g/mol. The summed E-state index contributed by atoms with van der Waals surface area (Å²) in [5, 5.41) is 2.88. The molecule has 29 heavy (non-hydrogen) atoms. The Morgan fingerprint density at radius 1 is 0.966 bits per heavy atom. The van der Waals surface area contributed by atoms with Gasteiger partial charge in [-0.3, -0.25) is 0 Å². The molecule has 1 N–H and O–H groups in total. The summed E-state index contributed by atoms with van der Waals surface area (Å²) >= 11 is 0. The molecule has 0 aliphatic carbocycles. The van der Waals surface area contributed by atoms with E-state index in [0.717, 1.165) is 6.07 Å². The minimum absolute atomic E-state index is 0. The zero-order valence-electron chi connectivity index (χ0n) is 15.4. The van der Waals surface area contributed by atoms with Gasteiger partial charge in [-0.2, -0.15) is 13.2 Å². The summed E-state index contributed by atoms with van der Waals surface area (Å²) in [6, 6.07) is 4.48. The van der Waals surface area contributed by atoms with Crippen LogP contribution in [-0.4, -0.2) is 31.3 Å². The maximum absolute atomic E-state index is 14.4. The maximum Gasteiger partial charge on any atom is 0.419 e. The Morgan fingerprint density at radius 2 is 1.66 bits per heavy atom. The van der Waals surface area contributed by atoms with E-state index < -0.39 is 23.2 Å². The van der Waals surface area contributed by atoms with Crippen LogP contribution in [0.5, 0.6) is 17.2 Å². The van der Waals surface area contributed by atoms with Crippen LogP contribution >= 0.6 is 12.4 Å². The summed E-state index contributed by atoms with van der Waals surface area (Å²) < 4.78 is 69.3. The topological polar surface area (TPSA) is 65.5 Å². The van der Waals surface area contributed by atoms with Crippen LogP contribution in [0.1, 0.15) is 5.56 Å². The van der Waals surface area contributed by atoms with Gasteiger partial charge in [0.15, 0.2) is 17.3 Å². The molecule has 0 fully saturated rings. The van der Waals surface area contributed by atoms with Gasteiger partial charge in [0.25, 0.3) is 0 Å². The van der Waals surface area contributed by atoms with Gasteiger partial charge >= 0.3 is 6.18 Å². The van der Waals surface area contributed by atoms with E-state index >= 15 is 0 Å². The zero-order chi connectivity index (χ0) is 20.5. The summed E-state index contributed by atoms with van der Waals surface area (Å²) in [5.74, 6) is -0.642. The minimum Gasteiger partial charge on any atom is -0.493 e. The van der Waals surface area contributed by atoms with Crippen molar-refractivity contribution in [3.05, 3.63) is 42.0 Å². The van der Waals surface area contributed by atoms with E-state index in [4.69, 9.17) is 14.2 Å². The highest BCUT2D eigenvalue weighted by atomic mass is 35.5. The summed E-state index contributed by atoms with van der Waals surface area (Å²) in [6.45, 7) is 0. The Kier molecular flexibility index (Phi) is 6.58. The van der Waals surface area contributed by atoms with Crippen molar-refractivity contribution in [3.63, 3.8) is 0 Å². The monoisotopic (exact) mass is 433 g/mol. The van der Waals surface area contributed by atoms with Crippen LogP contribution in [0, 0.1) is 5.82 Å². The molecule has 3 rings (SSSR count). The van der Waals surface area contributed by atoms with Crippen LogP contribution in [0.3, 0.4) is 0 Å². The number of nitrogens with one attached hydrogen (secondary N) is 1. The van der Waals surface area contributed by atoms with E-state index in [0.29, 0.717) is 22.7 Å². The van der Waals surface area contributed by atoms with Gasteiger partial charge in [-0.05, 0) is 12.1 Å². The molecule has 0 bridgehead atoms. The molecule has 1 aromatic heterocycles. The molecule has 156 valence electrons. The van der Waals surface area contributed by atoms with E-state index in [1.54, 1.807) is 6.07 Å². The first-order chi connectivity index (χ1) is 13.3. The minimum atomic E-state index is -4.83. The van der Waals surface area contributed by atoms with E-state index in [1.165, 1.54) is 33.7 Å². The molecule has 6 nitrogen and oxygen atoms in total.